The number of ketones is 1. The number of hydrogen-bond acceptors (Lipinski definition) is 3. The lowest BCUT2D eigenvalue weighted by Gasteiger charge is -2.22. The maximum atomic E-state index is 12.6. The lowest BCUT2D eigenvalue weighted by atomic mass is 9.90. The Hall–Kier alpha value is -2.29. The first-order chi connectivity index (χ1) is 9.15. The lowest BCUT2D eigenvalue weighted by Crippen LogP contribution is -2.33. The average Bonchev–Trinajstić information content (AvgIpc) is 2.72. The van der Waals surface area contributed by atoms with Crippen LogP contribution in [0, 0.1) is 0 Å². The quantitative estimate of drug-likeness (QED) is 0.825. The largest absolute Gasteiger partial charge is 0.497 e. The van der Waals surface area contributed by atoms with E-state index in [4.69, 9.17) is 9.47 Å². The van der Waals surface area contributed by atoms with Crippen molar-refractivity contribution < 1.29 is 14.3 Å². The van der Waals surface area contributed by atoms with Crippen molar-refractivity contribution in [2.45, 2.75) is 12.5 Å². The smallest absolute Gasteiger partial charge is 0.214 e. The van der Waals surface area contributed by atoms with Gasteiger partial charge in [-0.1, -0.05) is 30.3 Å². The molecule has 0 spiro atoms. The van der Waals surface area contributed by atoms with Gasteiger partial charge in [0.05, 0.1) is 12.7 Å². The number of ether oxygens (including phenoxy) is 2. The van der Waals surface area contributed by atoms with Gasteiger partial charge >= 0.3 is 0 Å². The SMILES string of the molecule is COc1ccc2c(c1)OC(C)(c1ccccc1)C2=O. The second-order valence-electron chi connectivity index (χ2n) is 4.69. The maximum absolute atomic E-state index is 12.6. The molecule has 0 fully saturated rings. The van der Waals surface area contributed by atoms with E-state index in [1.165, 1.54) is 0 Å². The van der Waals surface area contributed by atoms with Gasteiger partial charge < -0.3 is 9.47 Å². The molecule has 0 saturated heterocycles. The van der Waals surface area contributed by atoms with Crippen molar-refractivity contribution in [3.63, 3.8) is 0 Å². The molecule has 1 heterocycles. The van der Waals surface area contributed by atoms with Crippen LogP contribution in [0.25, 0.3) is 0 Å². The molecule has 96 valence electrons. The summed E-state index contributed by atoms with van der Waals surface area (Å²) in [6.45, 7) is 1.80. The van der Waals surface area contributed by atoms with Crippen LogP contribution in [0.2, 0.25) is 0 Å². The van der Waals surface area contributed by atoms with Gasteiger partial charge in [-0.3, -0.25) is 4.79 Å². The van der Waals surface area contributed by atoms with E-state index < -0.39 is 5.60 Å². The Balaban J connectivity index is 2.08. The van der Waals surface area contributed by atoms with E-state index in [0.717, 1.165) is 5.56 Å². The summed E-state index contributed by atoms with van der Waals surface area (Å²) in [6, 6.07) is 14.8. The summed E-state index contributed by atoms with van der Waals surface area (Å²) in [5.41, 5.74) is 0.512. The molecule has 1 aliphatic heterocycles. The van der Waals surface area contributed by atoms with Gasteiger partial charge in [-0.15, -0.1) is 0 Å². The van der Waals surface area contributed by atoms with Gasteiger partial charge in [-0.05, 0) is 19.1 Å². The molecule has 0 aliphatic carbocycles. The van der Waals surface area contributed by atoms with Crippen LogP contribution >= 0.6 is 0 Å². The zero-order valence-electron chi connectivity index (χ0n) is 10.8. The number of carbonyl (C=O) groups is 1. The predicted octanol–water partition coefficient (Wildman–Crippen LogP) is 3.19. The zero-order valence-corrected chi connectivity index (χ0v) is 10.8. The molecule has 0 aromatic heterocycles. The third kappa shape index (κ3) is 1.70. The highest BCUT2D eigenvalue weighted by atomic mass is 16.5. The number of methoxy groups -OCH3 is 1. The molecule has 1 unspecified atom stereocenters. The molecular weight excluding hydrogens is 240 g/mol. The van der Waals surface area contributed by atoms with Crippen molar-refractivity contribution in [3.05, 3.63) is 59.7 Å². The minimum atomic E-state index is -0.948. The van der Waals surface area contributed by atoms with Gasteiger partial charge in [-0.2, -0.15) is 0 Å². The molecule has 2 aromatic carbocycles. The summed E-state index contributed by atoms with van der Waals surface area (Å²) in [6.07, 6.45) is 0. The fourth-order valence-electron chi connectivity index (χ4n) is 2.37. The topological polar surface area (TPSA) is 35.5 Å². The molecule has 3 rings (SSSR count). The summed E-state index contributed by atoms with van der Waals surface area (Å²) in [5, 5.41) is 0. The first-order valence-electron chi connectivity index (χ1n) is 6.12. The molecule has 1 aliphatic rings. The van der Waals surface area contributed by atoms with Crippen LogP contribution in [-0.4, -0.2) is 12.9 Å². The number of fused-ring (bicyclic) bond motifs is 1. The molecule has 0 N–H and O–H groups in total. The fourth-order valence-corrected chi connectivity index (χ4v) is 2.37. The van der Waals surface area contributed by atoms with Crippen molar-refractivity contribution in [3.8, 4) is 11.5 Å². The first-order valence-corrected chi connectivity index (χ1v) is 6.12. The molecule has 1 atom stereocenters. The Kier molecular flexibility index (Phi) is 2.56. The van der Waals surface area contributed by atoms with E-state index >= 15 is 0 Å². The zero-order chi connectivity index (χ0) is 13.5. The molecule has 0 amide bonds. The minimum Gasteiger partial charge on any atom is -0.497 e. The average molecular weight is 254 g/mol. The van der Waals surface area contributed by atoms with Crippen LogP contribution in [0.3, 0.4) is 0 Å². The number of hydrogen-bond donors (Lipinski definition) is 0. The summed E-state index contributed by atoms with van der Waals surface area (Å²) in [4.78, 5) is 12.6. The van der Waals surface area contributed by atoms with Gasteiger partial charge in [0, 0.05) is 11.6 Å². The third-order valence-electron chi connectivity index (χ3n) is 3.51. The Morgan fingerprint density at radius 3 is 2.53 bits per heavy atom. The molecule has 3 nitrogen and oxygen atoms in total. The fraction of sp³-hybridized carbons (Fsp3) is 0.188. The number of rotatable bonds is 2. The summed E-state index contributed by atoms with van der Waals surface area (Å²) >= 11 is 0. The Morgan fingerprint density at radius 1 is 1.11 bits per heavy atom. The summed E-state index contributed by atoms with van der Waals surface area (Å²) < 4.78 is 11.1. The van der Waals surface area contributed by atoms with Crippen LogP contribution in [-0.2, 0) is 5.60 Å². The van der Waals surface area contributed by atoms with Crippen LogP contribution in [0.1, 0.15) is 22.8 Å². The van der Waals surface area contributed by atoms with Gasteiger partial charge in [0.2, 0.25) is 5.78 Å². The molecular formula is C16H14O3. The van der Waals surface area contributed by atoms with E-state index in [9.17, 15) is 4.79 Å². The minimum absolute atomic E-state index is 0.0173. The Bertz CT molecular complexity index is 634. The van der Waals surface area contributed by atoms with Crippen molar-refractivity contribution in [2.24, 2.45) is 0 Å². The van der Waals surface area contributed by atoms with Gasteiger partial charge in [-0.25, -0.2) is 0 Å². The molecule has 2 aromatic rings. The normalized spacial score (nSPS) is 20.8. The molecule has 0 bridgehead atoms. The second kappa shape index (κ2) is 4.12. The maximum Gasteiger partial charge on any atom is 0.214 e. The molecule has 0 saturated carbocycles. The van der Waals surface area contributed by atoms with Crippen LogP contribution in [0.4, 0.5) is 0 Å². The monoisotopic (exact) mass is 254 g/mol. The first kappa shape index (κ1) is 11.8. The van der Waals surface area contributed by atoms with Crippen molar-refractivity contribution in [2.75, 3.05) is 7.11 Å². The summed E-state index contributed by atoms with van der Waals surface area (Å²) in [7, 11) is 1.59. The molecule has 0 radical (unpaired) electrons. The highest BCUT2D eigenvalue weighted by Gasteiger charge is 2.45. The van der Waals surface area contributed by atoms with Crippen molar-refractivity contribution >= 4 is 5.78 Å². The Morgan fingerprint density at radius 2 is 1.84 bits per heavy atom. The highest BCUT2D eigenvalue weighted by Crippen LogP contribution is 2.42. The number of benzene rings is 2. The van der Waals surface area contributed by atoms with E-state index in [0.29, 0.717) is 17.1 Å². The third-order valence-corrected chi connectivity index (χ3v) is 3.51. The van der Waals surface area contributed by atoms with Gasteiger partial charge in [0.15, 0.2) is 5.60 Å². The summed E-state index contributed by atoms with van der Waals surface area (Å²) in [5.74, 6) is 1.25. The van der Waals surface area contributed by atoms with E-state index in [2.05, 4.69) is 0 Å². The second-order valence-corrected chi connectivity index (χ2v) is 4.69. The molecule has 19 heavy (non-hydrogen) atoms. The van der Waals surface area contributed by atoms with Crippen molar-refractivity contribution in [1.29, 1.82) is 0 Å². The van der Waals surface area contributed by atoms with E-state index in [1.807, 2.05) is 30.3 Å². The number of Topliss-reactive ketones (excluding diaryl/α,β-unsaturated/α-hetero) is 1. The molecule has 3 heteroatoms. The van der Waals surface area contributed by atoms with Crippen LogP contribution < -0.4 is 9.47 Å². The number of carbonyl (C=O) groups excluding carboxylic acids is 1. The Labute approximate surface area is 111 Å². The van der Waals surface area contributed by atoms with Crippen LogP contribution in [0.5, 0.6) is 11.5 Å². The van der Waals surface area contributed by atoms with Gasteiger partial charge in [0.1, 0.15) is 11.5 Å². The van der Waals surface area contributed by atoms with E-state index in [1.54, 1.807) is 32.2 Å². The van der Waals surface area contributed by atoms with E-state index in [-0.39, 0.29) is 5.78 Å². The van der Waals surface area contributed by atoms with Crippen LogP contribution in [0.15, 0.2) is 48.5 Å². The predicted molar refractivity (Wildman–Crippen MR) is 71.7 cm³/mol. The van der Waals surface area contributed by atoms with Crippen molar-refractivity contribution in [1.82, 2.24) is 0 Å². The lowest BCUT2D eigenvalue weighted by molar-refractivity contribution is 0.0619. The highest BCUT2D eigenvalue weighted by molar-refractivity contribution is 6.07. The van der Waals surface area contributed by atoms with Gasteiger partial charge in [0.25, 0.3) is 0 Å². The standard InChI is InChI=1S/C16H14O3/c1-16(11-6-4-3-5-7-11)15(17)13-9-8-12(18-2)10-14(13)19-16/h3-10H,1-2H3.